The van der Waals surface area contributed by atoms with Crippen LogP contribution in [-0.2, 0) is 0 Å². The van der Waals surface area contributed by atoms with Crippen molar-refractivity contribution < 1.29 is 5.11 Å². The highest BCUT2D eigenvalue weighted by atomic mass is 79.9. The van der Waals surface area contributed by atoms with Crippen LogP contribution in [0.1, 0.15) is 26.2 Å². The summed E-state index contributed by atoms with van der Waals surface area (Å²) in [6.45, 7) is 2.17. The summed E-state index contributed by atoms with van der Waals surface area (Å²) in [4.78, 5) is 0.581. The Kier molecular flexibility index (Phi) is 0.942. The van der Waals surface area contributed by atoms with Crippen molar-refractivity contribution in [3.8, 4) is 0 Å². The van der Waals surface area contributed by atoms with Crippen molar-refractivity contribution in [2.45, 2.75) is 36.6 Å². The Balaban J connectivity index is 2.14. The predicted octanol–water partition coefficient (Wildman–Crippen LogP) is 1.68. The van der Waals surface area contributed by atoms with Gasteiger partial charge in [0.25, 0.3) is 0 Å². The molecule has 52 valence electrons. The van der Waals surface area contributed by atoms with Crippen molar-refractivity contribution in [2.75, 3.05) is 0 Å². The lowest BCUT2D eigenvalue weighted by Crippen LogP contribution is -2.22. The Morgan fingerprint density at radius 3 is 2.11 bits per heavy atom. The van der Waals surface area contributed by atoms with E-state index in [1.54, 1.807) is 0 Å². The van der Waals surface area contributed by atoms with Crippen molar-refractivity contribution in [1.29, 1.82) is 0 Å². The smallest absolute Gasteiger partial charge is 0.0714 e. The zero-order valence-corrected chi connectivity index (χ0v) is 7.11. The van der Waals surface area contributed by atoms with E-state index in [0.29, 0.717) is 4.83 Å². The van der Waals surface area contributed by atoms with Gasteiger partial charge in [-0.25, -0.2) is 0 Å². The molecule has 2 aliphatic rings. The van der Waals surface area contributed by atoms with Gasteiger partial charge in [-0.15, -0.1) is 0 Å². The van der Waals surface area contributed by atoms with Gasteiger partial charge in [0, 0.05) is 10.2 Å². The first-order chi connectivity index (χ1) is 4.08. The zero-order valence-electron chi connectivity index (χ0n) is 5.52. The summed E-state index contributed by atoms with van der Waals surface area (Å²) in [6.07, 6.45) is 3.20. The maximum atomic E-state index is 9.67. The lowest BCUT2D eigenvalue weighted by molar-refractivity contribution is 0.0781. The van der Waals surface area contributed by atoms with Crippen LogP contribution in [0.4, 0.5) is 0 Å². The Bertz CT molecular complexity index is 153. The number of hydrogen-bond acceptors (Lipinski definition) is 1. The summed E-state index contributed by atoms with van der Waals surface area (Å²) < 4.78 is 0. The molecule has 0 radical (unpaired) electrons. The fraction of sp³-hybridized carbons (Fsp3) is 1.00. The Morgan fingerprint density at radius 2 is 2.00 bits per heavy atom. The third-order valence-corrected chi connectivity index (χ3v) is 4.26. The van der Waals surface area contributed by atoms with Crippen LogP contribution in [0.25, 0.3) is 0 Å². The van der Waals surface area contributed by atoms with Gasteiger partial charge in [0.2, 0.25) is 0 Å². The van der Waals surface area contributed by atoms with Crippen molar-refractivity contribution in [3.63, 3.8) is 0 Å². The van der Waals surface area contributed by atoms with Gasteiger partial charge in [-0.1, -0.05) is 22.9 Å². The number of alkyl halides is 1. The molecule has 1 N–H and O–H groups in total. The van der Waals surface area contributed by atoms with Crippen molar-refractivity contribution >= 4 is 15.9 Å². The van der Waals surface area contributed by atoms with Gasteiger partial charge >= 0.3 is 0 Å². The maximum Gasteiger partial charge on any atom is 0.0714 e. The van der Waals surface area contributed by atoms with E-state index in [-0.39, 0.29) is 11.0 Å². The molecular formula is C7H11BrO. The highest BCUT2D eigenvalue weighted by Gasteiger charge is 2.67. The monoisotopic (exact) mass is 190 g/mol. The summed E-state index contributed by atoms with van der Waals surface area (Å²) in [6, 6.07) is 0. The van der Waals surface area contributed by atoms with Gasteiger partial charge in [-0.2, -0.15) is 0 Å². The minimum absolute atomic E-state index is 0.229. The van der Waals surface area contributed by atoms with Crippen LogP contribution < -0.4 is 0 Å². The molecule has 0 aliphatic heterocycles. The van der Waals surface area contributed by atoms with Crippen molar-refractivity contribution in [2.24, 2.45) is 5.41 Å². The van der Waals surface area contributed by atoms with Crippen LogP contribution in [-0.4, -0.2) is 15.5 Å². The fourth-order valence-electron chi connectivity index (χ4n) is 1.48. The van der Waals surface area contributed by atoms with Gasteiger partial charge in [0.15, 0.2) is 0 Å². The van der Waals surface area contributed by atoms with Crippen LogP contribution in [0.15, 0.2) is 0 Å². The van der Waals surface area contributed by atoms with E-state index in [2.05, 4.69) is 22.9 Å². The van der Waals surface area contributed by atoms with Crippen LogP contribution >= 0.6 is 15.9 Å². The molecule has 2 fully saturated rings. The Labute approximate surface area is 63.6 Å². The third kappa shape index (κ3) is 0.637. The average molecular weight is 191 g/mol. The standard InChI is InChI=1S/C7H11BrO/c1-6(4-5(6)8)7(9)2-3-7/h5,9H,2-4H2,1H3/t5-,6-/m0/s1. The maximum absolute atomic E-state index is 9.67. The van der Waals surface area contributed by atoms with Crippen molar-refractivity contribution in [3.05, 3.63) is 0 Å². The molecule has 9 heavy (non-hydrogen) atoms. The normalized spacial score (nSPS) is 53.0. The molecule has 0 spiro atoms. The SMILES string of the molecule is C[C@]1(C2(O)CC2)C[C@@H]1Br. The van der Waals surface area contributed by atoms with E-state index in [0.717, 1.165) is 19.3 Å². The summed E-state index contributed by atoms with van der Waals surface area (Å²) in [5.74, 6) is 0. The minimum Gasteiger partial charge on any atom is -0.389 e. The molecule has 0 saturated heterocycles. The van der Waals surface area contributed by atoms with Gasteiger partial charge in [-0.05, 0) is 19.3 Å². The first kappa shape index (κ1) is 6.17. The molecule has 0 unspecified atom stereocenters. The van der Waals surface area contributed by atoms with Crippen molar-refractivity contribution in [1.82, 2.24) is 0 Å². The molecular weight excluding hydrogens is 180 g/mol. The van der Waals surface area contributed by atoms with E-state index < -0.39 is 0 Å². The molecule has 2 saturated carbocycles. The third-order valence-electron chi connectivity index (χ3n) is 2.92. The van der Waals surface area contributed by atoms with Gasteiger partial charge in [0.05, 0.1) is 5.60 Å². The molecule has 0 aromatic rings. The first-order valence-corrected chi connectivity index (χ1v) is 4.37. The Morgan fingerprint density at radius 1 is 1.56 bits per heavy atom. The quantitative estimate of drug-likeness (QED) is 0.625. The van der Waals surface area contributed by atoms with E-state index in [1.807, 2.05) is 0 Å². The predicted molar refractivity (Wildman–Crippen MR) is 39.6 cm³/mol. The minimum atomic E-state index is -0.277. The molecule has 0 aromatic heterocycles. The van der Waals surface area contributed by atoms with E-state index in [9.17, 15) is 5.11 Å². The highest BCUT2D eigenvalue weighted by Crippen LogP contribution is 2.66. The lowest BCUT2D eigenvalue weighted by atomic mass is 10.0. The zero-order chi connectivity index (χ0) is 6.70. The second-order valence-electron chi connectivity index (χ2n) is 3.62. The van der Waals surface area contributed by atoms with Crippen LogP contribution in [0.3, 0.4) is 0 Å². The number of rotatable bonds is 1. The number of aliphatic hydroxyl groups is 1. The molecule has 2 rings (SSSR count). The van der Waals surface area contributed by atoms with E-state index in [4.69, 9.17) is 0 Å². The first-order valence-electron chi connectivity index (χ1n) is 3.45. The van der Waals surface area contributed by atoms with Gasteiger partial charge < -0.3 is 5.11 Å². The van der Waals surface area contributed by atoms with Gasteiger partial charge in [-0.3, -0.25) is 0 Å². The Hall–Kier alpha value is 0.440. The highest BCUT2D eigenvalue weighted by molar-refractivity contribution is 9.09. The lowest BCUT2D eigenvalue weighted by Gasteiger charge is -2.15. The summed E-state index contributed by atoms with van der Waals surface area (Å²) in [7, 11) is 0. The molecule has 0 aromatic carbocycles. The molecule has 2 atom stereocenters. The van der Waals surface area contributed by atoms with E-state index in [1.165, 1.54) is 0 Å². The average Bonchev–Trinajstić information content (AvgIpc) is 2.57. The summed E-state index contributed by atoms with van der Waals surface area (Å²) in [5.41, 5.74) is -0.0475. The molecule has 2 heteroatoms. The second kappa shape index (κ2) is 1.37. The number of hydrogen-bond donors (Lipinski definition) is 1. The van der Waals surface area contributed by atoms with Crippen LogP contribution in [0, 0.1) is 5.41 Å². The molecule has 0 amide bonds. The summed E-state index contributed by atoms with van der Waals surface area (Å²) >= 11 is 3.52. The van der Waals surface area contributed by atoms with Crippen LogP contribution in [0.2, 0.25) is 0 Å². The largest absolute Gasteiger partial charge is 0.389 e. The number of halogens is 1. The molecule has 1 nitrogen and oxygen atoms in total. The fourth-order valence-corrected chi connectivity index (χ4v) is 2.58. The second-order valence-corrected chi connectivity index (χ2v) is 4.73. The van der Waals surface area contributed by atoms with Gasteiger partial charge in [0.1, 0.15) is 0 Å². The molecule has 0 bridgehead atoms. The molecule has 0 heterocycles. The molecule has 2 aliphatic carbocycles. The summed E-state index contributed by atoms with van der Waals surface area (Å²) in [5, 5.41) is 9.67. The van der Waals surface area contributed by atoms with Crippen LogP contribution in [0.5, 0.6) is 0 Å². The van der Waals surface area contributed by atoms with E-state index >= 15 is 0 Å². The topological polar surface area (TPSA) is 20.2 Å².